The molecule has 0 heterocycles. The first-order chi connectivity index (χ1) is 31.5. The Hall–Kier alpha value is -8.06. The molecule has 0 aliphatic carbocycles. The van der Waals surface area contributed by atoms with E-state index in [1.54, 1.807) is 0 Å². The van der Waals surface area contributed by atoms with Gasteiger partial charge < -0.3 is 0 Å². The summed E-state index contributed by atoms with van der Waals surface area (Å²) in [5.41, 5.74) is 21.6. The maximum atomic E-state index is 2.35. The molecule has 9 aromatic carbocycles. The molecular formula is C64H50. The average molecular weight is 819 g/mol. The van der Waals surface area contributed by atoms with Crippen LogP contribution in [0, 0.1) is 13.8 Å². The molecule has 0 nitrogen and oxygen atoms in total. The predicted octanol–water partition coefficient (Wildman–Crippen LogP) is 17.2. The molecule has 0 saturated carbocycles. The third kappa shape index (κ3) is 10.0. The lowest BCUT2D eigenvalue weighted by Crippen LogP contribution is -1.91. The Bertz CT molecular complexity index is 3000. The van der Waals surface area contributed by atoms with Crippen LogP contribution in [0.2, 0.25) is 0 Å². The molecule has 0 heteroatoms. The normalized spacial score (nSPS) is 11.2. The third-order valence-electron chi connectivity index (χ3n) is 11.8. The van der Waals surface area contributed by atoms with Crippen molar-refractivity contribution in [2.45, 2.75) is 13.8 Å². The van der Waals surface area contributed by atoms with Gasteiger partial charge in [0.1, 0.15) is 0 Å². The average Bonchev–Trinajstić information content (AvgIpc) is 3.36. The summed E-state index contributed by atoms with van der Waals surface area (Å²) in [6, 6.07) is 82.4. The number of hydrogen-bond donors (Lipinski definition) is 0. The molecule has 0 radical (unpaired) electrons. The lowest BCUT2D eigenvalue weighted by Gasteiger charge is -2.14. The lowest BCUT2D eigenvalue weighted by atomic mass is 9.90. The fourth-order valence-electron chi connectivity index (χ4n) is 8.34. The summed E-state index contributed by atoms with van der Waals surface area (Å²) < 4.78 is 0. The van der Waals surface area contributed by atoms with Crippen molar-refractivity contribution in [3.8, 4) is 22.3 Å². The van der Waals surface area contributed by atoms with Gasteiger partial charge in [0.15, 0.2) is 0 Å². The molecule has 0 amide bonds. The molecule has 306 valence electrons. The molecule has 0 bridgehead atoms. The second-order valence-corrected chi connectivity index (χ2v) is 16.3. The van der Waals surface area contributed by atoms with Crippen LogP contribution >= 0.6 is 0 Å². The zero-order valence-electron chi connectivity index (χ0n) is 36.4. The Morgan fingerprint density at radius 1 is 0.281 bits per heavy atom. The molecule has 64 heavy (non-hydrogen) atoms. The first-order valence-electron chi connectivity index (χ1n) is 22.1. The summed E-state index contributed by atoms with van der Waals surface area (Å²) in [7, 11) is 0. The van der Waals surface area contributed by atoms with Gasteiger partial charge in [-0.25, -0.2) is 0 Å². The van der Waals surface area contributed by atoms with Crippen LogP contribution in [0.3, 0.4) is 0 Å². The fourth-order valence-corrected chi connectivity index (χ4v) is 8.34. The van der Waals surface area contributed by atoms with Crippen molar-refractivity contribution in [3.05, 3.63) is 297 Å². The van der Waals surface area contributed by atoms with E-state index < -0.39 is 0 Å². The van der Waals surface area contributed by atoms with Gasteiger partial charge in [0.05, 0.1) is 0 Å². The molecule has 0 aliphatic heterocycles. The SMILES string of the molecule is Cc1cc(-c2ccc(C=Cc3ccc(C=C(c4ccccc4)c4ccccc4)cc3)c(C=Cc3ccc(C=C(c4ccccc4)c4ccccc4)cc3)c2)c(C)cc1-c1ccccc1. The standard InChI is InChI=1S/C64H50/c1-47-43-62(48(2)42-61(47)54-18-8-3-9-19-54)60-41-40-53(38-36-49-28-32-51(33-29-49)44-63(55-20-10-4-11-21-55)56-22-12-5-13-23-56)59(46-60)39-37-50-30-34-52(35-31-50)45-64(57-24-14-6-15-25-57)58-26-16-7-17-27-58/h3-46H,1-2H3. The van der Waals surface area contributed by atoms with Gasteiger partial charge in [0.25, 0.3) is 0 Å². The maximum Gasteiger partial charge on any atom is -0.0105 e. The van der Waals surface area contributed by atoms with Crippen LogP contribution in [-0.2, 0) is 0 Å². The summed E-state index contributed by atoms with van der Waals surface area (Å²) in [5.74, 6) is 0. The van der Waals surface area contributed by atoms with E-state index in [9.17, 15) is 0 Å². The molecule has 0 spiro atoms. The van der Waals surface area contributed by atoms with E-state index in [-0.39, 0.29) is 0 Å². The van der Waals surface area contributed by atoms with Gasteiger partial charge >= 0.3 is 0 Å². The second-order valence-electron chi connectivity index (χ2n) is 16.3. The van der Waals surface area contributed by atoms with Crippen molar-refractivity contribution < 1.29 is 0 Å². The third-order valence-corrected chi connectivity index (χ3v) is 11.8. The number of benzene rings is 9. The Morgan fingerprint density at radius 3 is 1.03 bits per heavy atom. The van der Waals surface area contributed by atoms with Crippen LogP contribution in [0.5, 0.6) is 0 Å². The Balaban J connectivity index is 1.03. The van der Waals surface area contributed by atoms with Crippen molar-refractivity contribution >= 4 is 47.6 Å². The van der Waals surface area contributed by atoms with E-state index >= 15 is 0 Å². The van der Waals surface area contributed by atoms with E-state index in [4.69, 9.17) is 0 Å². The van der Waals surface area contributed by atoms with Crippen molar-refractivity contribution in [1.82, 2.24) is 0 Å². The van der Waals surface area contributed by atoms with Crippen molar-refractivity contribution in [1.29, 1.82) is 0 Å². The second kappa shape index (κ2) is 19.8. The highest BCUT2D eigenvalue weighted by Gasteiger charge is 2.11. The van der Waals surface area contributed by atoms with Crippen LogP contribution in [0.1, 0.15) is 66.8 Å². The molecule has 0 saturated heterocycles. The smallest absolute Gasteiger partial charge is 0.0105 e. The summed E-state index contributed by atoms with van der Waals surface area (Å²) >= 11 is 0. The minimum absolute atomic E-state index is 1.15. The van der Waals surface area contributed by atoms with Crippen molar-refractivity contribution in [2.75, 3.05) is 0 Å². The summed E-state index contributed by atoms with van der Waals surface area (Å²) in [5, 5.41) is 0. The molecule has 9 aromatic rings. The van der Waals surface area contributed by atoms with Gasteiger partial charge in [-0.2, -0.15) is 0 Å². The lowest BCUT2D eigenvalue weighted by molar-refractivity contribution is 1.38. The highest BCUT2D eigenvalue weighted by Crippen LogP contribution is 2.34. The van der Waals surface area contributed by atoms with Crippen LogP contribution in [0.4, 0.5) is 0 Å². The monoisotopic (exact) mass is 818 g/mol. The van der Waals surface area contributed by atoms with Crippen LogP contribution in [0.25, 0.3) is 69.9 Å². The molecule has 0 atom stereocenters. The summed E-state index contributed by atoms with van der Waals surface area (Å²) in [6.45, 7) is 4.44. The van der Waals surface area contributed by atoms with Gasteiger partial charge in [0, 0.05) is 0 Å². The van der Waals surface area contributed by atoms with Gasteiger partial charge in [-0.1, -0.05) is 249 Å². The van der Waals surface area contributed by atoms with Crippen molar-refractivity contribution in [2.24, 2.45) is 0 Å². The largest absolute Gasteiger partial charge is 0.0622 e. The molecule has 0 aromatic heterocycles. The predicted molar refractivity (Wildman–Crippen MR) is 277 cm³/mol. The summed E-state index contributed by atoms with van der Waals surface area (Å²) in [4.78, 5) is 0. The van der Waals surface area contributed by atoms with Gasteiger partial charge in [0.2, 0.25) is 0 Å². The highest BCUT2D eigenvalue weighted by molar-refractivity contribution is 5.93. The van der Waals surface area contributed by atoms with Crippen LogP contribution in [0.15, 0.2) is 231 Å². The first kappa shape index (κ1) is 41.3. The topological polar surface area (TPSA) is 0 Å². The highest BCUT2D eigenvalue weighted by atomic mass is 14.2. The number of rotatable bonds is 12. The van der Waals surface area contributed by atoms with Crippen LogP contribution in [-0.4, -0.2) is 0 Å². The van der Waals surface area contributed by atoms with E-state index in [2.05, 4.69) is 281 Å². The molecular weight excluding hydrogens is 769 g/mol. The van der Waals surface area contributed by atoms with E-state index in [1.165, 1.54) is 66.8 Å². The Labute approximate surface area is 379 Å². The Morgan fingerprint density at radius 2 is 0.625 bits per heavy atom. The minimum atomic E-state index is 1.15. The van der Waals surface area contributed by atoms with E-state index in [1.807, 2.05) is 0 Å². The Kier molecular flexibility index (Phi) is 12.8. The maximum absolute atomic E-state index is 2.35. The quantitative estimate of drug-likeness (QED) is 0.108. The number of aryl methyl sites for hydroxylation is 2. The zero-order valence-corrected chi connectivity index (χ0v) is 36.4. The summed E-state index contributed by atoms with van der Waals surface area (Å²) in [6.07, 6.45) is 13.5. The fraction of sp³-hybridized carbons (Fsp3) is 0.0312. The van der Waals surface area contributed by atoms with Gasteiger partial charge in [-0.3, -0.25) is 0 Å². The molecule has 0 aliphatic rings. The molecule has 0 unspecified atom stereocenters. The van der Waals surface area contributed by atoms with Gasteiger partial charge in [-0.05, 0) is 132 Å². The zero-order chi connectivity index (χ0) is 43.5. The molecule has 9 rings (SSSR count). The van der Waals surface area contributed by atoms with E-state index in [0.29, 0.717) is 0 Å². The molecule has 0 fully saturated rings. The van der Waals surface area contributed by atoms with Crippen LogP contribution < -0.4 is 0 Å². The molecule has 0 N–H and O–H groups in total. The first-order valence-corrected chi connectivity index (χ1v) is 22.1. The van der Waals surface area contributed by atoms with Gasteiger partial charge in [-0.15, -0.1) is 0 Å². The van der Waals surface area contributed by atoms with E-state index in [0.717, 1.165) is 33.4 Å². The minimum Gasteiger partial charge on any atom is -0.0622 e. The number of hydrogen-bond acceptors (Lipinski definition) is 0. The van der Waals surface area contributed by atoms with Crippen molar-refractivity contribution in [3.63, 3.8) is 0 Å².